The number of sulfonamides is 1. The molecule has 8 nitrogen and oxygen atoms in total. The van der Waals surface area contributed by atoms with E-state index in [1.54, 1.807) is 7.11 Å². The highest BCUT2D eigenvalue weighted by Gasteiger charge is 2.36. The zero-order valence-corrected chi connectivity index (χ0v) is 11.9. The molecule has 2 rings (SSSR count). The van der Waals surface area contributed by atoms with Crippen LogP contribution in [0.1, 0.15) is 6.42 Å². The average molecular weight is 303 g/mol. The molecule has 0 saturated carbocycles. The van der Waals surface area contributed by atoms with Crippen LogP contribution in [0, 0.1) is 5.92 Å². The predicted molar refractivity (Wildman–Crippen MR) is 68.6 cm³/mol. The second-order valence-corrected chi connectivity index (χ2v) is 6.56. The number of aliphatic carboxylic acids is 1. The first kappa shape index (κ1) is 14.9. The van der Waals surface area contributed by atoms with Gasteiger partial charge in [0.1, 0.15) is 4.90 Å². The molecule has 0 radical (unpaired) electrons. The van der Waals surface area contributed by atoms with Gasteiger partial charge in [0, 0.05) is 26.4 Å². The van der Waals surface area contributed by atoms with Gasteiger partial charge in [-0.3, -0.25) is 9.48 Å². The van der Waals surface area contributed by atoms with Gasteiger partial charge in [-0.1, -0.05) is 0 Å². The number of methoxy groups -OCH3 is 1. The Balaban J connectivity index is 2.11. The molecular formula is C11H17N3O5S. The monoisotopic (exact) mass is 303 g/mol. The molecule has 1 saturated heterocycles. The van der Waals surface area contributed by atoms with Crippen LogP contribution < -0.4 is 0 Å². The maximum atomic E-state index is 12.3. The first-order valence-electron chi connectivity index (χ1n) is 6.19. The van der Waals surface area contributed by atoms with Gasteiger partial charge in [0.2, 0.25) is 10.0 Å². The second kappa shape index (κ2) is 5.90. The summed E-state index contributed by atoms with van der Waals surface area (Å²) >= 11 is 0. The summed E-state index contributed by atoms with van der Waals surface area (Å²) < 4.78 is 32.3. The van der Waals surface area contributed by atoms with E-state index in [9.17, 15) is 13.2 Å². The first-order chi connectivity index (χ1) is 9.45. The van der Waals surface area contributed by atoms with E-state index >= 15 is 0 Å². The number of hydrogen-bond acceptors (Lipinski definition) is 5. The van der Waals surface area contributed by atoms with Gasteiger partial charge < -0.3 is 9.84 Å². The lowest BCUT2D eigenvalue weighted by molar-refractivity contribution is -0.141. The van der Waals surface area contributed by atoms with E-state index in [0.717, 1.165) is 0 Å². The smallest absolute Gasteiger partial charge is 0.307 e. The van der Waals surface area contributed by atoms with Crippen molar-refractivity contribution in [2.24, 2.45) is 5.92 Å². The number of rotatable bonds is 6. The van der Waals surface area contributed by atoms with Crippen molar-refractivity contribution < 1.29 is 23.1 Å². The molecule has 20 heavy (non-hydrogen) atoms. The van der Waals surface area contributed by atoms with E-state index in [0.29, 0.717) is 19.6 Å². The van der Waals surface area contributed by atoms with Gasteiger partial charge in [-0.15, -0.1) is 0 Å². The topological polar surface area (TPSA) is 102 Å². The highest BCUT2D eigenvalue weighted by atomic mass is 32.2. The fraction of sp³-hybridized carbons (Fsp3) is 0.636. The van der Waals surface area contributed by atoms with Crippen molar-refractivity contribution in [3.8, 4) is 0 Å². The first-order valence-corrected chi connectivity index (χ1v) is 7.63. The molecule has 0 amide bonds. The zero-order valence-electron chi connectivity index (χ0n) is 11.1. The van der Waals surface area contributed by atoms with Gasteiger partial charge in [0.25, 0.3) is 0 Å². The Kier molecular flexibility index (Phi) is 4.41. The van der Waals surface area contributed by atoms with Gasteiger partial charge in [-0.25, -0.2) is 8.42 Å². The Morgan fingerprint density at radius 3 is 2.95 bits per heavy atom. The summed E-state index contributed by atoms with van der Waals surface area (Å²) in [4.78, 5) is 11.0. The lowest BCUT2D eigenvalue weighted by Gasteiger charge is -2.14. The van der Waals surface area contributed by atoms with E-state index in [-0.39, 0.29) is 18.0 Å². The Morgan fingerprint density at radius 2 is 2.35 bits per heavy atom. The number of hydrogen-bond donors (Lipinski definition) is 1. The summed E-state index contributed by atoms with van der Waals surface area (Å²) in [7, 11) is -2.11. The SMILES string of the molecule is COCCn1cc(S(=O)(=O)N2CCC(C(=O)O)C2)cn1. The fourth-order valence-corrected chi connectivity index (χ4v) is 3.54. The predicted octanol–water partition coefficient (Wildman–Crippen LogP) is -0.375. The zero-order chi connectivity index (χ0) is 14.8. The number of carboxylic acids is 1. The van der Waals surface area contributed by atoms with Crippen LogP contribution >= 0.6 is 0 Å². The van der Waals surface area contributed by atoms with Gasteiger partial charge in [-0.05, 0) is 6.42 Å². The Morgan fingerprint density at radius 1 is 1.60 bits per heavy atom. The minimum atomic E-state index is -3.66. The van der Waals surface area contributed by atoms with Gasteiger partial charge >= 0.3 is 5.97 Å². The largest absolute Gasteiger partial charge is 0.481 e. The number of carbonyl (C=O) groups is 1. The summed E-state index contributed by atoms with van der Waals surface area (Å²) in [5, 5.41) is 12.9. The Bertz CT molecular complexity index is 583. The van der Waals surface area contributed by atoms with Crippen molar-refractivity contribution in [1.29, 1.82) is 0 Å². The van der Waals surface area contributed by atoms with Crippen LogP contribution in [0.15, 0.2) is 17.3 Å². The maximum Gasteiger partial charge on any atom is 0.307 e. The molecule has 1 atom stereocenters. The van der Waals surface area contributed by atoms with Gasteiger partial charge in [0.15, 0.2) is 0 Å². The van der Waals surface area contributed by atoms with Crippen LogP contribution in [0.25, 0.3) is 0 Å². The van der Waals surface area contributed by atoms with E-state index in [1.807, 2.05) is 0 Å². The molecule has 112 valence electrons. The van der Waals surface area contributed by atoms with Crippen LogP contribution in [0.3, 0.4) is 0 Å². The lowest BCUT2D eigenvalue weighted by Crippen LogP contribution is -2.29. The fourth-order valence-electron chi connectivity index (χ4n) is 2.08. The molecule has 9 heteroatoms. The second-order valence-electron chi connectivity index (χ2n) is 4.62. The lowest BCUT2D eigenvalue weighted by atomic mass is 10.1. The number of aromatic nitrogens is 2. The van der Waals surface area contributed by atoms with Gasteiger partial charge in [0.05, 0.1) is 25.3 Å². The number of carboxylic acid groups (broad SMARTS) is 1. The molecule has 0 aliphatic carbocycles. The van der Waals surface area contributed by atoms with E-state index in [2.05, 4.69) is 5.10 Å². The van der Waals surface area contributed by atoms with Crippen molar-refractivity contribution in [1.82, 2.24) is 14.1 Å². The minimum absolute atomic E-state index is 0.0148. The normalized spacial score (nSPS) is 20.4. The highest BCUT2D eigenvalue weighted by Crippen LogP contribution is 2.24. The molecule has 1 aromatic heterocycles. The van der Waals surface area contributed by atoms with Crippen LogP contribution in [0.5, 0.6) is 0 Å². The van der Waals surface area contributed by atoms with Crippen LogP contribution in [-0.2, 0) is 26.1 Å². The van der Waals surface area contributed by atoms with Crippen molar-refractivity contribution >= 4 is 16.0 Å². The molecule has 0 bridgehead atoms. The quantitative estimate of drug-likeness (QED) is 0.769. The molecule has 1 unspecified atom stereocenters. The molecule has 1 fully saturated rings. The number of ether oxygens (including phenoxy) is 1. The molecule has 1 aromatic rings. The molecule has 2 heterocycles. The molecule has 0 spiro atoms. The van der Waals surface area contributed by atoms with Crippen molar-refractivity contribution in [2.75, 3.05) is 26.8 Å². The van der Waals surface area contributed by atoms with Crippen LogP contribution in [0.4, 0.5) is 0 Å². The van der Waals surface area contributed by atoms with E-state index < -0.39 is 21.9 Å². The van der Waals surface area contributed by atoms with E-state index in [4.69, 9.17) is 9.84 Å². The number of nitrogens with zero attached hydrogens (tertiary/aromatic N) is 3. The summed E-state index contributed by atoms with van der Waals surface area (Å²) in [6.07, 6.45) is 3.05. The Hall–Kier alpha value is -1.45. The Labute approximate surface area is 117 Å². The summed E-state index contributed by atoms with van der Waals surface area (Å²) in [6.45, 7) is 1.14. The van der Waals surface area contributed by atoms with Crippen LogP contribution in [-0.4, -0.2) is 60.4 Å². The molecule has 1 aliphatic heterocycles. The third-order valence-electron chi connectivity index (χ3n) is 3.27. The minimum Gasteiger partial charge on any atom is -0.481 e. The summed E-state index contributed by atoms with van der Waals surface area (Å²) in [5.74, 6) is -1.59. The third kappa shape index (κ3) is 3.00. The van der Waals surface area contributed by atoms with Crippen LogP contribution in [0.2, 0.25) is 0 Å². The third-order valence-corrected chi connectivity index (χ3v) is 5.09. The van der Waals surface area contributed by atoms with Crippen molar-refractivity contribution in [3.05, 3.63) is 12.4 Å². The van der Waals surface area contributed by atoms with E-state index in [1.165, 1.54) is 21.4 Å². The maximum absolute atomic E-state index is 12.3. The van der Waals surface area contributed by atoms with Crippen molar-refractivity contribution in [3.63, 3.8) is 0 Å². The van der Waals surface area contributed by atoms with Crippen molar-refractivity contribution in [2.45, 2.75) is 17.9 Å². The summed E-state index contributed by atoms with van der Waals surface area (Å²) in [6, 6.07) is 0. The molecule has 1 aliphatic rings. The standard InChI is InChI=1S/C11H17N3O5S/c1-19-5-4-13-8-10(6-12-13)20(17,18)14-3-2-9(7-14)11(15)16/h6,8-9H,2-5,7H2,1H3,(H,15,16). The molecule has 0 aromatic carbocycles. The van der Waals surface area contributed by atoms with Gasteiger partial charge in [-0.2, -0.15) is 9.40 Å². The summed E-state index contributed by atoms with van der Waals surface area (Å²) in [5.41, 5.74) is 0. The highest BCUT2D eigenvalue weighted by molar-refractivity contribution is 7.89. The molecule has 1 N–H and O–H groups in total. The molecular weight excluding hydrogens is 286 g/mol. The average Bonchev–Trinajstić information content (AvgIpc) is 3.05.